The topological polar surface area (TPSA) is 154 Å². The zero-order valence-electron chi connectivity index (χ0n) is 9.88. The van der Waals surface area contributed by atoms with E-state index in [9.17, 15) is 24.9 Å². The number of carboxylic acid groups (broad SMARTS) is 1. The Kier molecular flexibility index (Phi) is 5.63. The first-order valence-corrected chi connectivity index (χ1v) is 5.58. The minimum atomic E-state index is -1.72. The van der Waals surface area contributed by atoms with E-state index in [0.717, 1.165) is 0 Å². The molecule has 9 heteroatoms. The summed E-state index contributed by atoms with van der Waals surface area (Å²) in [5.41, 5.74) is 0. The summed E-state index contributed by atoms with van der Waals surface area (Å²) in [7, 11) is 0. The molecule has 1 saturated heterocycles. The summed E-state index contributed by atoms with van der Waals surface area (Å²) in [6.07, 6.45) is -8.53. The van der Waals surface area contributed by atoms with Crippen molar-refractivity contribution in [3.05, 3.63) is 0 Å². The summed E-state index contributed by atoms with van der Waals surface area (Å²) in [5.74, 6) is -2.15. The molecular formula is C10H16O9. The van der Waals surface area contributed by atoms with E-state index in [2.05, 4.69) is 4.74 Å². The number of rotatable bonds is 5. The molecule has 0 radical (unpaired) electrons. The normalized spacial score (nSPS) is 34.8. The van der Waals surface area contributed by atoms with Crippen molar-refractivity contribution in [2.24, 2.45) is 0 Å². The lowest BCUT2D eigenvalue weighted by Crippen LogP contribution is -2.59. The van der Waals surface area contributed by atoms with Crippen molar-refractivity contribution >= 4 is 11.9 Å². The highest BCUT2D eigenvalue weighted by atomic mass is 16.7. The van der Waals surface area contributed by atoms with Crippen LogP contribution in [0.3, 0.4) is 0 Å². The number of aliphatic hydroxyl groups excluding tert-OH is 4. The molecule has 19 heavy (non-hydrogen) atoms. The highest BCUT2D eigenvalue weighted by Crippen LogP contribution is 2.22. The fourth-order valence-electron chi connectivity index (χ4n) is 1.62. The smallest absolute Gasteiger partial charge is 0.306 e. The van der Waals surface area contributed by atoms with Gasteiger partial charge in [-0.25, -0.2) is 0 Å². The molecule has 1 aliphatic rings. The summed E-state index contributed by atoms with van der Waals surface area (Å²) in [5, 5.41) is 45.9. The quantitative estimate of drug-likeness (QED) is 0.336. The van der Waals surface area contributed by atoms with Crippen molar-refractivity contribution in [2.75, 3.05) is 6.61 Å². The fourth-order valence-corrected chi connectivity index (χ4v) is 1.62. The van der Waals surface area contributed by atoms with Crippen molar-refractivity contribution < 1.29 is 44.6 Å². The molecule has 0 aromatic carbocycles. The molecule has 0 unspecified atom stereocenters. The first-order valence-electron chi connectivity index (χ1n) is 5.58. The van der Waals surface area contributed by atoms with Gasteiger partial charge in [0.15, 0.2) is 12.4 Å². The van der Waals surface area contributed by atoms with Gasteiger partial charge in [0.1, 0.15) is 18.3 Å². The van der Waals surface area contributed by atoms with Crippen LogP contribution in [0.25, 0.3) is 0 Å². The Bertz CT molecular complexity index is 331. The van der Waals surface area contributed by atoms with Crippen LogP contribution in [0.5, 0.6) is 0 Å². The Morgan fingerprint density at radius 3 is 2.26 bits per heavy atom. The molecule has 0 aromatic heterocycles. The lowest BCUT2D eigenvalue weighted by atomic mass is 9.99. The molecule has 1 rings (SSSR count). The van der Waals surface area contributed by atoms with Crippen LogP contribution >= 0.6 is 0 Å². The molecule has 5 atom stereocenters. The van der Waals surface area contributed by atoms with Gasteiger partial charge in [-0.3, -0.25) is 9.59 Å². The maximum atomic E-state index is 11.3. The molecule has 0 aromatic rings. The Morgan fingerprint density at radius 2 is 1.74 bits per heavy atom. The van der Waals surface area contributed by atoms with E-state index in [1.165, 1.54) is 0 Å². The number of carboxylic acids is 1. The maximum Gasteiger partial charge on any atom is 0.306 e. The molecule has 1 aliphatic heterocycles. The number of esters is 1. The van der Waals surface area contributed by atoms with Crippen molar-refractivity contribution in [3.8, 4) is 0 Å². The Morgan fingerprint density at radius 1 is 1.11 bits per heavy atom. The van der Waals surface area contributed by atoms with Crippen LogP contribution in [0, 0.1) is 0 Å². The van der Waals surface area contributed by atoms with E-state index in [4.69, 9.17) is 14.9 Å². The average molecular weight is 280 g/mol. The molecule has 9 nitrogen and oxygen atoms in total. The van der Waals surface area contributed by atoms with Crippen LogP contribution in [0.15, 0.2) is 0 Å². The van der Waals surface area contributed by atoms with Crippen LogP contribution < -0.4 is 0 Å². The minimum absolute atomic E-state index is 0.440. The zero-order valence-corrected chi connectivity index (χ0v) is 9.88. The van der Waals surface area contributed by atoms with Crippen LogP contribution in [-0.2, 0) is 19.1 Å². The second-order valence-corrected chi connectivity index (χ2v) is 4.08. The highest BCUT2D eigenvalue weighted by molar-refractivity contribution is 5.76. The molecule has 0 spiro atoms. The van der Waals surface area contributed by atoms with Gasteiger partial charge in [-0.1, -0.05) is 0 Å². The first kappa shape index (κ1) is 15.8. The number of hydrogen-bond acceptors (Lipinski definition) is 8. The molecule has 1 fully saturated rings. The van der Waals surface area contributed by atoms with E-state index in [0.29, 0.717) is 0 Å². The van der Waals surface area contributed by atoms with Gasteiger partial charge < -0.3 is 35.0 Å². The van der Waals surface area contributed by atoms with E-state index < -0.39 is 62.1 Å². The second kappa shape index (κ2) is 6.78. The average Bonchev–Trinajstić information content (AvgIpc) is 2.36. The van der Waals surface area contributed by atoms with E-state index >= 15 is 0 Å². The third kappa shape index (κ3) is 4.11. The SMILES string of the molecule is O=C(O)CCC(=O)O[C@@H]1[C@@H](O)[C@H](O)[C@@H](CO)O[C@@H]1O. The third-order valence-corrected chi connectivity index (χ3v) is 2.65. The monoisotopic (exact) mass is 280 g/mol. The Hall–Kier alpha value is -1.26. The summed E-state index contributed by atoms with van der Waals surface area (Å²) >= 11 is 0. The third-order valence-electron chi connectivity index (χ3n) is 2.65. The van der Waals surface area contributed by atoms with Crippen LogP contribution in [0.1, 0.15) is 12.8 Å². The van der Waals surface area contributed by atoms with Crippen LogP contribution in [-0.4, -0.2) is 74.8 Å². The van der Waals surface area contributed by atoms with Gasteiger partial charge in [0.05, 0.1) is 19.4 Å². The molecule has 0 bridgehead atoms. The van der Waals surface area contributed by atoms with Gasteiger partial charge in [-0.15, -0.1) is 0 Å². The van der Waals surface area contributed by atoms with Gasteiger partial charge in [-0.05, 0) is 0 Å². The summed E-state index contributed by atoms with van der Waals surface area (Å²) in [6, 6.07) is 0. The number of ether oxygens (including phenoxy) is 2. The number of carbonyl (C=O) groups is 2. The van der Waals surface area contributed by atoms with Crippen LogP contribution in [0.4, 0.5) is 0 Å². The molecule has 5 N–H and O–H groups in total. The maximum absolute atomic E-state index is 11.3. The number of carbonyl (C=O) groups excluding carboxylic acids is 1. The van der Waals surface area contributed by atoms with Gasteiger partial charge >= 0.3 is 11.9 Å². The summed E-state index contributed by atoms with van der Waals surface area (Å²) in [6.45, 7) is -0.630. The molecule has 110 valence electrons. The predicted molar refractivity (Wildman–Crippen MR) is 56.7 cm³/mol. The largest absolute Gasteiger partial charge is 0.481 e. The lowest BCUT2D eigenvalue weighted by molar-refractivity contribution is -0.290. The van der Waals surface area contributed by atoms with E-state index in [-0.39, 0.29) is 0 Å². The van der Waals surface area contributed by atoms with Crippen molar-refractivity contribution in [3.63, 3.8) is 0 Å². The molecule has 1 heterocycles. The molecular weight excluding hydrogens is 264 g/mol. The van der Waals surface area contributed by atoms with Gasteiger partial charge in [0.25, 0.3) is 0 Å². The van der Waals surface area contributed by atoms with E-state index in [1.54, 1.807) is 0 Å². The van der Waals surface area contributed by atoms with Gasteiger partial charge in [0.2, 0.25) is 0 Å². The molecule has 0 amide bonds. The Labute approximate surface area is 108 Å². The zero-order chi connectivity index (χ0) is 14.6. The molecule has 0 saturated carbocycles. The highest BCUT2D eigenvalue weighted by Gasteiger charge is 2.45. The van der Waals surface area contributed by atoms with Crippen molar-refractivity contribution in [1.29, 1.82) is 0 Å². The van der Waals surface area contributed by atoms with E-state index in [1.807, 2.05) is 0 Å². The standard InChI is InChI=1S/C10H16O9/c11-3-4-7(15)8(16)9(10(17)18-4)19-6(14)2-1-5(12)13/h4,7-11,15-17H,1-3H2,(H,12,13)/t4-,7-,8+,9-,10+/m1/s1. The number of aliphatic carboxylic acids is 1. The summed E-state index contributed by atoms with van der Waals surface area (Å²) < 4.78 is 9.42. The van der Waals surface area contributed by atoms with Gasteiger partial charge in [-0.2, -0.15) is 0 Å². The fraction of sp³-hybridized carbons (Fsp3) is 0.800. The second-order valence-electron chi connectivity index (χ2n) is 4.08. The summed E-state index contributed by atoms with van der Waals surface area (Å²) in [4.78, 5) is 21.5. The minimum Gasteiger partial charge on any atom is -0.481 e. The number of aliphatic hydroxyl groups is 4. The van der Waals surface area contributed by atoms with Gasteiger partial charge in [0, 0.05) is 0 Å². The lowest BCUT2D eigenvalue weighted by Gasteiger charge is -2.39. The van der Waals surface area contributed by atoms with Crippen molar-refractivity contribution in [2.45, 2.75) is 43.5 Å². The van der Waals surface area contributed by atoms with Crippen LogP contribution in [0.2, 0.25) is 0 Å². The predicted octanol–water partition coefficient (Wildman–Crippen LogP) is -2.81. The number of hydrogen-bond donors (Lipinski definition) is 5. The molecule has 0 aliphatic carbocycles. The Balaban J connectivity index is 2.57. The first-order chi connectivity index (χ1) is 8.86. The van der Waals surface area contributed by atoms with Crippen molar-refractivity contribution in [1.82, 2.24) is 0 Å².